The Bertz CT molecular complexity index is 966. The van der Waals surface area contributed by atoms with Crippen LogP contribution in [0.1, 0.15) is 29.3 Å². The molecule has 7 nitrogen and oxygen atoms in total. The number of furan rings is 1. The van der Waals surface area contributed by atoms with Gasteiger partial charge in [-0.05, 0) is 24.6 Å². The molecule has 1 atom stereocenters. The van der Waals surface area contributed by atoms with Crippen LogP contribution < -0.4 is 5.73 Å². The molecule has 27 heavy (non-hydrogen) atoms. The van der Waals surface area contributed by atoms with Gasteiger partial charge >= 0.3 is 0 Å². The normalized spacial score (nSPS) is 16.6. The van der Waals surface area contributed by atoms with Crippen LogP contribution in [0.4, 0.5) is 5.13 Å². The van der Waals surface area contributed by atoms with E-state index in [1.165, 1.54) is 33.7 Å². The lowest BCUT2D eigenvalue weighted by atomic mass is 10.0. The molecule has 1 aliphatic heterocycles. The Balaban J connectivity index is 1.55. The minimum Gasteiger partial charge on any atom is -0.467 e. The van der Waals surface area contributed by atoms with Crippen LogP contribution in [0.3, 0.4) is 0 Å². The Labute approximate surface area is 164 Å². The van der Waals surface area contributed by atoms with E-state index in [2.05, 4.69) is 15.3 Å². The second kappa shape index (κ2) is 7.53. The van der Waals surface area contributed by atoms with E-state index in [-0.39, 0.29) is 17.7 Å². The number of nitrogen functional groups attached to an aromatic ring is 1. The van der Waals surface area contributed by atoms with Crippen molar-refractivity contribution in [2.75, 3.05) is 11.5 Å². The molecule has 3 heterocycles. The highest BCUT2D eigenvalue weighted by Crippen LogP contribution is 2.34. The molecule has 2 N–H and O–H groups in total. The zero-order chi connectivity index (χ0) is 18.8. The van der Waals surface area contributed by atoms with E-state index in [9.17, 15) is 4.79 Å². The molecule has 9 heteroatoms. The maximum atomic E-state index is 12.8. The first-order valence-corrected chi connectivity index (χ1v) is 10.1. The molecule has 0 aliphatic carbocycles. The van der Waals surface area contributed by atoms with Crippen molar-refractivity contribution in [1.29, 1.82) is 0 Å². The van der Waals surface area contributed by atoms with Crippen LogP contribution in [0.2, 0.25) is 0 Å². The minimum atomic E-state index is -0.246. The summed E-state index contributed by atoms with van der Waals surface area (Å²) in [6.07, 6.45) is 2.22. The molecule has 4 rings (SSSR count). The van der Waals surface area contributed by atoms with Gasteiger partial charge in [0, 0.05) is 6.42 Å². The fourth-order valence-corrected chi connectivity index (χ4v) is 4.32. The summed E-state index contributed by atoms with van der Waals surface area (Å²) in [4.78, 5) is 12.8. The number of nitrogens with zero attached hydrogens (tertiary/aromatic N) is 4. The van der Waals surface area contributed by atoms with Crippen molar-refractivity contribution in [3.05, 3.63) is 59.5 Å². The highest BCUT2D eigenvalue weighted by Gasteiger charge is 2.34. The van der Waals surface area contributed by atoms with Crippen molar-refractivity contribution in [3.8, 4) is 0 Å². The second-order valence-electron chi connectivity index (χ2n) is 6.08. The van der Waals surface area contributed by atoms with E-state index in [0.29, 0.717) is 15.9 Å². The second-order valence-corrected chi connectivity index (χ2v) is 8.31. The molecular weight excluding hydrogens is 382 g/mol. The summed E-state index contributed by atoms with van der Waals surface area (Å²) in [6.45, 7) is 2.04. The average molecular weight is 400 g/mol. The summed E-state index contributed by atoms with van der Waals surface area (Å²) in [5.74, 6) is 0.813. The van der Waals surface area contributed by atoms with Crippen LogP contribution in [0.5, 0.6) is 0 Å². The number of hydrazone groups is 1. The van der Waals surface area contributed by atoms with Crippen LogP contribution in [-0.4, -0.2) is 32.6 Å². The van der Waals surface area contributed by atoms with Gasteiger partial charge < -0.3 is 10.2 Å². The number of carbonyl (C=O) groups is 1. The fraction of sp³-hybridized carbons (Fsp3) is 0.222. The van der Waals surface area contributed by atoms with Crippen LogP contribution >= 0.6 is 23.1 Å². The minimum absolute atomic E-state index is 0.114. The number of rotatable bonds is 5. The van der Waals surface area contributed by atoms with Crippen molar-refractivity contribution in [1.82, 2.24) is 15.2 Å². The number of amides is 1. The van der Waals surface area contributed by atoms with Gasteiger partial charge in [-0.1, -0.05) is 52.9 Å². The number of benzene rings is 1. The van der Waals surface area contributed by atoms with E-state index >= 15 is 0 Å². The number of hydrogen-bond donors (Lipinski definition) is 1. The zero-order valence-electron chi connectivity index (χ0n) is 14.5. The number of carbonyl (C=O) groups excluding carboxylic acids is 1. The summed E-state index contributed by atoms with van der Waals surface area (Å²) in [5.41, 5.74) is 8.65. The Kier molecular flexibility index (Phi) is 4.95. The fourth-order valence-electron chi connectivity index (χ4n) is 2.83. The van der Waals surface area contributed by atoms with Crippen molar-refractivity contribution < 1.29 is 9.21 Å². The molecule has 1 amide bonds. The lowest BCUT2D eigenvalue weighted by molar-refractivity contribution is -0.130. The molecule has 2 aromatic heterocycles. The van der Waals surface area contributed by atoms with Crippen LogP contribution in [0.25, 0.3) is 0 Å². The number of thioether (sulfide) groups is 1. The zero-order valence-corrected chi connectivity index (χ0v) is 16.2. The number of nitrogens with two attached hydrogens (primary N) is 1. The highest BCUT2D eigenvalue weighted by atomic mass is 32.2. The van der Waals surface area contributed by atoms with Crippen LogP contribution in [0, 0.1) is 6.92 Å². The van der Waals surface area contributed by atoms with E-state index in [1.807, 2.05) is 43.3 Å². The third-order valence-corrected chi connectivity index (χ3v) is 6.03. The highest BCUT2D eigenvalue weighted by molar-refractivity contribution is 8.01. The van der Waals surface area contributed by atoms with Gasteiger partial charge in [0.05, 0.1) is 17.7 Å². The first kappa shape index (κ1) is 17.7. The third kappa shape index (κ3) is 3.88. The van der Waals surface area contributed by atoms with Crippen LogP contribution in [-0.2, 0) is 4.79 Å². The molecule has 3 aromatic rings. The van der Waals surface area contributed by atoms with Gasteiger partial charge in [-0.3, -0.25) is 4.79 Å². The van der Waals surface area contributed by atoms with Gasteiger partial charge in [0.25, 0.3) is 5.91 Å². The molecule has 0 saturated carbocycles. The average Bonchev–Trinajstić information content (AvgIpc) is 3.40. The third-order valence-electron chi connectivity index (χ3n) is 4.16. The predicted octanol–water partition coefficient (Wildman–Crippen LogP) is 3.49. The quantitative estimate of drug-likeness (QED) is 0.660. The summed E-state index contributed by atoms with van der Waals surface area (Å²) in [5, 5.41) is 14.2. The van der Waals surface area contributed by atoms with Crippen molar-refractivity contribution in [3.63, 3.8) is 0 Å². The largest absolute Gasteiger partial charge is 0.467 e. The van der Waals surface area contributed by atoms with Gasteiger partial charge in [-0.25, -0.2) is 5.01 Å². The molecule has 0 radical (unpaired) electrons. The van der Waals surface area contributed by atoms with Gasteiger partial charge in [0.1, 0.15) is 11.8 Å². The number of aromatic nitrogens is 2. The molecule has 0 saturated heterocycles. The lowest BCUT2D eigenvalue weighted by Crippen LogP contribution is -2.28. The van der Waals surface area contributed by atoms with E-state index in [0.717, 1.165) is 17.0 Å². The summed E-state index contributed by atoms with van der Waals surface area (Å²) in [7, 11) is 0. The molecule has 1 unspecified atom stereocenters. The number of hydrogen-bond acceptors (Lipinski definition) is 8. The smallest absolute Gasteiger partial charge is 0.253 e. The molecule has 138 valence electrons. The first-order chi connectivity index (χ1) is 13.1. The molecule has 1 aromatic carbocycles. The van der Waals surface area contributed by atoms with E-state index in [1.54, 1.807) is 6.26 Å². The van der Waals surface area contributed by atoms with Crippen LogP contribution in [0.15, 0.2) is 56.5 Å². The molecular formula is C18H17N5O2S2. The lowest BCUT2D eigenvalue weighted by Gasteiger charge is -2.19. The Morgan fingerprint density at radius 1 is 1.33 bits per heavy atom. The van der Waals surface area contributed by atoms with Gasteiger partial charge in [-0.15, -0.1) is 10.2 Å². The molecule has 0 bridgehead atoms. The van der Waals surface area contributed by atoms with E-state index in [4.69, 9.17) is 10.2 Å². The van der Waals surface area contributed by atoms with Gasteiger partial charge in [-0.2, -0.15) is 5.10 Å². The number of anilines is 1. The predicted molar refractivity (Wildman–Crippen MR) is 106 cm³/mol. The molecule has 0 fully saturated rings. The maximum Gasteiger partial charge on any atom is 0.253 e. The number of aryl methyl sites for hydroxylation is 1. The Morgan fingerprint density at radius 3 is 2.81 bits per heavy atom. The SMILES string of the molecule is Cc1ccc(C2=NN(C(=O)CSc3nnc(N)s3)C(c3ccco3)C2)cc1. The molecule has 1 aliphatic rings. The van der Waals surface area contributed by atoms with Gasteiger partial charge in [0.2, 0.25) is 5.13 Å². The first-order valence-electron chi connectivity index (χ1n) is 8.32. The molecule has 0 spiro atoms. The van der Waals surface area contributed by atoms with Crippen molar-refractivity contribution in [2.24, 2.45) is 5.10 Å². The Morgan fingerprint density at radius 2 is 2.15 bits per heavy atom. The topological polar surface area (TPSA) is 97.6 Å². The van der Waals surface area contributed by atoms with Crippen molar-refractivity contribution in [2.45, 2.75) is 23.7 Å². The maximum absolute atomic E-state index is 12.8. The summed E-state index contributed by atoms with van der Waals surface area (Å²) in [6, 6.07) is 11.6. The van der Waals surface area contributed by atoms with Gasteiger partial charge in [0.15, 0.2) is 4.34 Å². The standard InChI is InChI=1S/C18H17N5O2S2/c1-11-4-6-12(7-5-11)13-9-14(15-3-2-8-25-15)23(22-13)16(24)10-26-18-21-20-17(19)27-18/h2-8,14H,9-10H2,1H3,(H2,19,20). The summed E-state index contributed by atoms with van der Waals surface area (Å²) < 4.78 is 6.22. The monoisotopic (exact) mass is 399 g/mol. The summed E-state index contributed by atoms with van der Waals surface area (Å²) >= 11 is 2.57. The van der Waals surface area contributed by atoms with E-state index < -0.39 is 0 Å². The van der Waals surface area contributed by atoms with Crippen molar-refractivity contribution >= 4 is 39.8 Å². The Hall–Kier alpha value is -2.65.